The van der Waals surface area contributed by atoms with E-state index in [-0.39, 0.29) is 26.1 Å². The van der Waals surface area contributed by atoms with Gasteiger partial charge in [0.1, 0.15) is 19.8 Å². The van der Waals surface area contributed by atoms with Gasteiger partial charge in [0, 0.05) is 12.8 Å². The summed E-state index contributed by atoms with van der Waals surface area (Å²) in [4.78, 5) is 35.9. The van der Waals surface area contributed by atoms with Gasteiger partial charge in [0.15, 0.2) is 6.10 Å². The van der Waals surface area contributed by atoms with Gasteiger partial charge < -0.3 is 18.9 Å². The Morgan fingerprint density at radius 2 is 0.628 bits per heavy atom. The highest BCUT2D eigenvalue weighted by atomic mass is 31.2. The first-order valence-electron chi connectivity index (χ1n) is 33.9. The zero-order chi connectivity index (χ0) is 62.6. The summed E-state index contributed by atoms with van der Waals surface area (Å²) in [6.45, 7) is 4.17. The maximum absolute atomic E-state index is 12.9. The van der Waals surface area contributed by atoms with Crippen LogP contribution in [0.2, 0.25) is 0 Å². The molecule has 0 spiro atoms. The SMILES string of the molecule is CC/C=C\C/C=C\C/C=C\C/C=C\C/C=C\C/C=C\C/C=C\CCCCCCCCCCCCCCCC(=O)OC(COC(=O)CCCCCCC/C=C\C/C=C\C/C=C\C/C=C\C/C=C\C/C=C\C/C=C\CC)COP(=O)(O)OCC[N+](C)(C)C. The molecule has 10 heteroatoms. The van der Waals surface area contributed by atoms with E-state index in [9.17, 15) is 19.0 Å². The average Bonchev–Trinajstić information content (AvgIpc) is 3.56. The van der Waals surface area contributed by atoms with Crippen molar-refractivity contribution in [2.45, 2.75) is 251 Å². The number of carbonyl (C=O) groups is 2. The van der Waals surface area contributed by atoms with E-state index in [1.165, 1.54) is 64.2 Å². The summed E-state index contributed by atoms with van der Waals surface area (Å²) < 4.78 is 34.7. The molecule has 0 rings (SSSR count). The summed E-state index contributed by atoms with van der Waals surface area (Å²) >= 11 is 0. The van der Waals surface area contributed by atoms with Crippen LogP contribution in [-0.4, -0.2) is 74.9 Å². The molecule has 86 heavy (non-hydrogen) atoms. The van der Waals surface area contributed by atoms with Crippen LogP contribution in [0.25, 0.3) is 0 Å². The van der Waals surface area contributed by atoms with Crippen molar-refractivity contribution >= 4 is 19.8 Å². The number of unbranched alkanes of at least 4 members (excludes halogenated alkanes) is 18. The summed E-state index contributed by atoms with van der Waals surface area (Å²) in [5.74, 6) is -0.830. The van der Waals surface area contributed by atoms with Crippen LogP contribution < -0.4 is 0 Å². The molecule has 0 aliphatic carbocycles. The normalized spacial score (nSPS) is 14.3. The molecule has 2 unspecified atom stereocenters. The first kappa shape index (κ1) is 81.4. The number of allylic oxidation sites excluding steroid dienone is 28. The molecule has 0 saturated heterocycles. The highest BCUT2D eigenvalue weighted by Gasteiger charge is 2.27. The Labute approximate surface area is 528 Å². The third-order valence-electron chi connectivity index (χ3n) is 13.7. The molecule has 0 aromatic heterocycles. The first-order chi connectivity index (χ1) is 42.0. The van der Waals surface area contributed by atoms with E-state index in [0.29, 0.717) is 23.9 Å². The molecule has 0 aliphatic rings. The van der Waals surface area contributed by atoms with Gasteiger partial charge in [-0.05, 0) is 128 Å². The topological polar surface area (TPSA) is 108 Å². The minimum absolute atomic E-state index is 0.0191. The van der Waals surface area contributed by atoms with Gasteiger partial charge >= 0.3 is 19.8 Å². The third kappa shape index (κ3) is 68.5. The van der Waals surface area contributed by atoms with Gasteiger partial charge in [0.05, 0.1) is 27.7 Å². The fourth-order valence-electron chi connectivity index (χ4n) is 8.62. The Balaban J connectivity index is 4.16. The fourth-order valence-corrected chi connectivity index (χ4v) is 9.36. The second kappa shape index (κ2) is 64.8. The lowest BCUT2D eigenvalue weighted by molar-refractivity contribution is -0.870. The number of likely N-dealkylation sites (N-methyl/N-ethyl adjacent to an activating group) is 1. The van der Waals surface area contributed by atoms with Crippen LogP contribution in [-0.2, 0) is 32.7 Å². The molecule has 486 valence electrons. The molecular weight excluding hydrogens is 1090 g/mol. The number of phosphoric acid groups is 1. The van der Waals surface area contributed by atoms with Gasteiger partial charge in [-0.1, -0.05) is 274 Å². The molecule has 0 aromatic carbocycles. The Hall–Kier alpha value is -4.63. The molecule has 0 fully saturated rings. The summed E-state index contributed by atoms with van der Waals surface area (Å²) in [6.07, 6.45) is 98.7. The van der Waals surface area contributed by atoms with Crippen molar-refractivity contribution in [1.29, 1.82) is 0 Å². The smallest absolute Gasteiger partial charge is 0.462 e. The number of quaternary nitrogens is 1. The number of hydrogen-bond acceptors (Lipinski definition) is 7. The predicted octanol–water partition coefficient (Wildman–Crippen LogP) is 22.2. The Kier molecular flexibility index (Phi) is 61.3. The van der Waals surface area contributed by atoms with E-state index in [1.807, 2.05) is 21.1 Å². The van der Waals surface area contributed by atoms with E-state index in [1.54, 1.807) is 0 Å². The zero-order valence-electron chi connectivity index (χ0n) is 55.2. The maximum Gasteiger partial charge on any atom is 0.472 e. The minimum atomic E-state index is -4.41. The Bertz CT molecular complexity index is 2060. The third-order valence-corrected chi connectivity index (χ3v) is 14.7. The van der Waals surface area contributed by atoms with E-state index in [2.05, 4.69) is 184 Å². The van der Waals surface area contributed by atoms with Gasteiger partial charge in [-0.3, -0.25) is 18.6 Å². The van der Waals surface area contributed by atoms with E-state index < -0.39 is 32.5 Å². The number of rotatable bonds is 60. The molecule has 9 nitrogen and oxygen atoms in total. The first-order valence-corrected chi connectivity index (χ1v) is 35.4. The lowest BCUT2D eigenvalue weighted by Gasteiger charge is -2.24. The van der Waals surface area contributed by atoms with Crippen LogP contribution in [0.5, 0.6) is 0 Å². The van der Waals surface area contributed by atoms with Crippen molar-refractivity contribution in [2.75, 3.05) is 47.5 Å². The van der Waals surface area contributed by atoms with Crippen molar-refractivity contribution < 1.29 is 42.1 Å². The van der Waals surface area contributed by atoms with Crippen LogP contribution in [0.1, 0.15) is 245 Å². The summed E-state index contributed by atoms with van der Waals surface area (Å²) in [5.41, 5.74) is 0. The van der Waals surface area contributed by atoms with E-state index in [4.69, 9.17) is 18.5 Å². The lowest BCUT2D eigenvalue weighted by Crippen LogP contribution is -2.37. The molecule has 0 heterocycles. The van der Waals surface area contributed by atoms with Crippen molar-refractivity contribution in [3.05, 3.63) is 170 Å². The monoisotopic (exact) mass is 1210 g/mol. The predicted molar refractivity (Wildman–Crippen MR) is 371 cm³/mol. The standard InChI is InChI=1S/C76H124NO8P/c1-6-8-10-12-14-16-18-20-22-24-26-28-30-32-34-35-36-37-38-39-40-41-43-45-47-49-51-53-55-57-59-61-63-65-67-69-76(79)85-74(73-84-86(80,81)83-71-70-77(3,4)5)72-82-75(78)68-66-64-62-60-58-56-54-52-50-48-46-44-42-33-31-29-27-25-23-21-19-17-15-13-11-9-7-2/h8-11,14-17,20-23,26-29,32-34,36-37,39-40,42,46,48,52,54,74H,6-7,12-13,18-19,24-25,30-31,35,38,41,43-45,47,49-51,53,55-73H2,1-5H3/p+1/b10-8-,11-9-,16-14-,17-15-,22-20-,23-21-,28-26-,29-27-,34-32-,37-36-,40-39-,42-33-,48-46-,54-52-. The molecular formula is C76H125NO8P+. The molecule has 0 radical (unpaired) electrons. The van der Waals surface area contributed by atoms with Gasteiger partial charge in [-0.25, -0.2) is 4.57 Å². The van der Waals surface area contributed by atoms with Crippen LogP contribution in [0.15, 0.2) is 170 Å². The number of esters is 2. The van der Waals surface area contributed by atoms with E-state index in [0.717, 1.165) is 141 Å². The number of carbonyl (C=O) groups excluding carboxylic acids is 2. The van der Waals surface area contributed by atoms with E-state index >= 15 is 0 Å². The van der Waals surface area contributed by atoms with Crippen LogP contribution in [0.3, 0.4) is 0 Å². The molecule has 1 N–H and O–H groups in total. The Morgan fingerprint density at radius 1 is 0.360 bits per heavy atom. The highest BCUT2D eigenvalue weighted by molar-refractivity contribution is 7.47. The van der Waals surface area contributed by atoms with Crippen molar-refractivity contribution in [2.24, 2.45) is 0 Å². The molecule has 2 atom stereocenters. The second-order valence-electron chi connectivity index (χ2n) is 23.1. The van der Waals surface area contributed by atoms with Gasteiger partial charge in [-0.15, -0.1) is 0 Å². The minimum Gasteiger partial charge on any atom is -0.462 e. The van der Waals surface area contributed by atoms with Gasteiger partial charge in [-0.2, -0.15) is 0 Å². The number of hydrogen-bond donors (Lipinski definition) is 1. The summed E-state index contributed by atoms with van der Waals surface area (Å²) in [6, 6.07) is 0. The average molecular weight is 1210 g/mol. The number of nitrogens with zero attached hydrogens (tertiary/aromatic N) is 1. The maximum atomic E-state index is 12.9. The zero-order valence-corrected chi connectivity index (χ0v) is 56.1. The number of ether oxygens (including phenoxy) is 2. The molecule has 0 saturated carbocycles. The Morgan fingerprint density at radius 3 is 0.930 bits per heavy atom. The highest BCUT2D eigenvalue weighted by Crippen LogP contribution is 2.43. The fraction of sp³-hybridized carbons (Fsp3) is 0.605. The van der Waals surface area contributed by atoms with Crippen LogP contribution in [0.4, 0.5) is 0 Å². The molecule has 0 aliphatic heterocycles. The van der Waals surface area contributed by atoms with Crippen LogP contribution in [0, 0.1) is 0 Å². The lowest BCUT2D eigenvalue weighted by atomic mass is 10.0. The van der Waals surface area contributed by atoms with Crippen LogP contribution >= 0.6 is 7.82 Å². The summed E-state index contributed by atoms with van der Waals surface area (Å²) in [7, 11) is 1.44. The molecule has 0 amide bonds. The largest absolute Gasteiger partial charge is 0.472 e. The van der Waals surface area contributed by atoms with Gasteiger partial charge in [0.2, 0.25) is 0 Å². The quantitative estimate of drug-likeness (QED) is 0.0211. The second-order valence-corrected chi connectivity index (χ2v) is 24.5. The van der Waals surface area contributed by atoms with Crippen molar-refractivity contribution in [3.63, 3.8) is 0 Å². The van der Waals surface area contributed by atoms with Crippen molar-refractivity contribution in [3.8, 4) is 0 Å². The summed E-state index contributed by atoms with van der Waals surface area (Å²) in [5, 5.41) is 0. The molecule has 0 aromatic rings. The molecule has 0 bridgehead atoms. The van der Waals surface area contributed by atoms with Gasteiger partial charge in [0.25, 0.3) is 0 Å². The van der Waals surface area contributed by atoms with Crippen molar-refractivity contribution in [1.82, 2.24) is 0 Å². The number of phosphoric ester groups is 1.